The number of primary amides is 1. The number of esters is 1. The molecule has 0 aromatic heterocycles. The fourth-order valence-electron chi connectivity index (χ4n) is 1.61. The number of carbonyl (C=O) groups excluding carboxylic acids is 2. The fraction of sp³-hybridized carbons (Fsp3) is 0.385. The minimum Gasteiger partial charge on any atom is -0.483 e. The summed E-state index contributed by atoms with van der Waals surface area (Å²) in [5, 5.41) is 0. The van der Waals surface area contributed by atoms with Crippen LogP contribution in [0.3, 0.4) is 0 Å². The van der Waals surface area contributed by atoms with Gasteiger partial charge in [0.05, 0.1) is 6.61 Å². The summed E-state index contributed by atoms with van der Waals surface area (Å²) >= 11 is 11.7. The molecular weight excluding hydrogens is 305 g/mol. The number of alkyl halides is 2. The molecule has 2 rings (SSSR count). The number of nitrogens with two attached hydrogens (primary N) is 1. The highest BCUT2D eigenvalue weighted by Gasteiger charge is 2.52. The lowest BCUT2D eigenvalue weighted by Gasteiger charge is -2.10. The van der Waals surface area contributed by atoms with Crippen LogP contribution in [0.1, 0.15) is 16.8 Å². The van der Waals surface area contributed by atoms with Crippen LogP contribution in [0.25, 0.3) is 0 Å². The summed E-state index contributed by atoms with van der Waals surface area (Å²) in [4.78, 5) is 22.6. The van der Waals surface area contributed by atoms with Crippen LogP contribution >= 0.6 is 23.2 Å². The normalized spacial score (nSPS) is 19.2. The van der Waals surface area contributed by atoms with Crippen molar-refractivity contribution in [1.82, 2.24) is 0 Å². The average molecular weight is 318 g/mol. The maximum absolute atomic E-state index is 11.9. The monoisotopic (exact) mass is 317 g/mol. The zero-order valence-electron chi connectivity index (χ0n) is 10.5. The molecule has 1 aliphatic rings. The van der Waals surface area contributed by atoms with Crippen LogP contribution in [-0.2, 0) is 9.53 Å². The molecule has 108 valence electrons. The van der Waals surface area contributed by atoms with Crippen molar-refractivity contribution in [2.24, 2.45) is 11.7 Å². The summed E-state index contributed by atoms with van der Waals surface area (Å²) in [6.45, 7) is -0.157. The average Bonchev–Trinajstić information content (AvgIpc) is 3.01. The first-order chi connectivity index (χ1) is 9.40. The van der Waals surface area contributed by atoms with Crippen molar-refractivity contribution < 1.29 is 19.1 Å². The van der Waals surface area contributed by atoms with E-state index in [-0.39, 0.29) is 30.4 Å². The third kappa shape index (κ3) is 3.77. The van der Waals surface area contributed by atoms with Crippen LogP contribution in [0, 0.1) is 5.92 Å². The van der Waals surface area contributed by atoms with E-state index in [1.54, 1.807) is 24.3 Å². The van der Waals surface area contributed by atoms with Crippen molar-refractivity contribution in [3.63, 3.8) is 0 Å². The number of para-hydroxylation sites is 1. The lowest BCUT2D eigenvalue weighted by atomic mass is 10.2. The summed E-state index contributed by atoms with van der Waals surface area (Å²) < 4.78 is 9.50. The van der Waals surface area contributed by atoms with Gasteiger partial charge in [0.15, 0.2) is 6.61 Å². The second-order valence-electron chi connectivity index (χ2n) is 4.51. The molecular formula is C13H13Cl2NO4. The van der Waals surface area contributed by atoms with Crippen LogP contribution in [0.2, 0.25) is 0 Å². The van der Waals surface area contributed by atoms with Crippen molar-refractivity contribution in [2.75, 3.05) is 13.2 Å². The van der Waals surface area contributed by atoms with Crippen LogP contribution < -0.4 is 10.5 Å². The van der Waals surface area contributed by atoms with Gasteiger partial charge in [0.25, 0.3) is 5.91 Å². The Balaban J connectivity index is 1.96. The molecule has 0 bridgehead atoms. The molecule has 7 heteroatoms. The second-order valence-corrected chi connectivity index (χ2v) is 6.05. The number of carbonyl (C=O) groups is 2. The van der Waals surface area contributed by atoms with Gasteiger partial charge in [-0.15, -0.1) is 23.2 Å². The van der Waals surface area contributed by atoms with E-state index in [2.05, 4.69) is 0 Å². The molecule has 1 aromatic carbocycles. The van der Waals surface area contributed by atoms with E-state index in [0.29, 0.717) is 6.42 Å². The number of rotatable bonds is 6. The van der Waals surface area contributed by atoms with E-state index in [1.807, 2.05) is 0 Å². The number of amides is 1. The SMILES string of the molecule is NC(=O)COc1ccccc1C(=O)OC[C@H]1CC1(Cl)Cl. The molecule has 1 atom stereocenters. The topological polar surface area (TPSA) is 78.6 Å². The smallest absolute Gasteiger partial charge is 0.341 e. The van der Waals surface area contributed by atoms with Crippen molar-refractivity contribution in [1.29, 1.82) is 0 Å². The number of hydrogen-bond donors (Lipinski definition) is 1. The molecule has 2 N–H and O–H groups in total. The van der Waals surface area contributed by atoms with Gasteiger partial charge in [-0.1, -0.05) is 12.1 Å². The highest BCUT2D eigenvalue weighted by Crippen LogP contribution is 2.53. The molecule has 1 aromatic rings. The van der Waals surface area contributed by atoms with Crippen molar-refractivity contribution >= 4 is 35.1 Å². The lowest BCUT2D eigenvalue weighted by Crippen LogP contribution is -2.21. The van der Waals surface area contributed by atoms with E-state index in [9.17, 15) is 9.59 Å². The van der Waals surface area contributed by atoms with Crippen molar-refractivity contribution in [3.05, 3.63) is 29.8 Å². The number of hydrogen-bond acceptors (Lipinski definition) is 4. The molecule has 20 heavy (non-hydrogen) atoms. The first-order valence-electron chi connectivity index (χ1n) is 5.95. The summed E-state index contributed by atoms with van der Waals surface area (Å²) in [6, 6.07) is 6.44. The van der Waals surface area contributed by atoms with Gasteiger partial charge in [-0.3, -0.25) is 4.79 Å². The Morgan fingerprint density at radius 3 is 2.60 bits per heavy atom. The van der Waals surface area contributed by atoms with Gasteiger partial charge in [0.1, 0.15) is 15.6 Å². The Morgan fingerprint density at radius 1 is 1.35 bits per heavy atom. The largest absolute Gasteiger partial charge is 0.483 e. The van der Waals surface area contributed by atoms with E-state index in [0.717, 1.165) is 0 Å². The lowest BCUT2D eigenvalue weighted by molar-refractivity contribution is -0.119. The molecule has 0 radical (unpaired) electrons. The van der Waals surface area contributed by atoms with Crippen molar-refractivity contribution in [3.8, 4) is 5.75 Å². The molecule has 0 aliphatic heterocycles. The van der Waals surface area contributed by atoms with Gasteiger partial charge in [-0.05, 0) is 18.6 Å². The summed E-state index contributed by atoms with van der Waals surface area (Å²) in [5.74, 6) is -0.982. The highest BCUT2D eigenvalue weighted by molar-refractivity contribution is 6.50. The Morgan fingerprint density at radius 2 is 2.00 bits per heavy atom. The van der Waals surface area contributed by atoms with E-state index < -0.39 is 16.2 Å². The molecule has 1 fully saturated rings. The molecule has 0 saturated heterocycles. The predicted octanol–water partition coefficient (Wildman–Crippen LogP) is 1.90. The molecule has 1 amide bonds. The van der Waals surface area contributed by atoms with Gasteiger partial charge in [0.2, 0.25) is 0 Å². The van der Waals surface area contributed by atoms with Crippen LogP contribution in [0.15, 0.2) is 24.3 Å². The molecule has 0 heterocycles. The summed E-state index contributed by atoms with van der Waals surface area (Å²) in [7, 11) is 0. The van der Waals surface area contributed by atoms with Gasteiger partial charge in [-0.25, -0.2) is 4.79 Å². The van der Waals surface area contributed by atoms with E-state index in [4.69, 9.17) is 38.4 Å². The van der Waals surface area contributed by atoms with Crippen molar-refractivity contribution in [2.45, 2.75) is 10.8 Å². The Kier molecular flexibility index (Phi) is 4.40. The first-order valence-corrected chi connectivity index (χ1v) is 6.71. The molecule has 0 spiro atoms. The Labute approximate surface area is 125 Å². The molecule has 5 nitrogen and oxygen atoms in total. The van der Waals surface area contributed by atoms with Gasteiger partial charge in [-0.2, -0.15) is 0 Å². The summed E-state index contributed by atoms with van der Waals surface area (Å²) in [5.41, 5.74) is 5.22. The highest BCUT2D eigenvalue weighted by atomic mass is 35.5. The van der Waals surface area contributed by atoms with Crippen LogP contribution in [-0.4, -0.2) is 29.4 Å². The van der Waals surface area contributed by atoms with Crippen LogP contribution in [0.4, 0.5) is 0 Å². The second kappa shape index (κ2) is 5.89. The van der Waals surface area contributed by atoms with E-state index in [1.165, 1.54) is 0 Å². The fourth-order valence-corrected chi connectivity index (χ4v) is 2.11. The summed E-state index contributed by atoms with van der Waals surface area (Å²) in [6.07, 6.45) is 0.600. The zero-order valence-corrected chi connectivity index (χ0v) is 12.0. The third-order valence-electron chi connectivity index (χ3n) is 2.85. The predicted molar refractivity (Wildman–Crippen MR) is 74.0 cm³/mol. The van der Waals surface area contributed by atoms with Gasteiger partial charge in [0, 0.05) is 5.92 Å². The molecule has 1 aliphatic carbocycles. The zero-order chi connectivity index (χ0) is 14.8. The molecule has 0 unspecified atom stereocenters. The first kappa shape index (κ1) is 14.9. The standard InChI is InChI=1S/C13H13Cl2NO4/c14-13(15)5-8(13)6-20-12(18)9-3-1-2-4-10(9)19-7-11(16)17/h1-4,8H,5-7H2,(H2,16,17)/t8-/m1/s1. The molecule has 1 saturated carbocycles. The number of benzene rings is 1. The number of ether oxygens (including phenoxy) is 2. The maximum atomic E-state index is 11.9. The minimum absolute atomic E-state index is 0.0477. The van der Waals surface area contributed by atoms with E-state index >= 15 is 0 Å². The Hall–Kier alpha value is -1.46. The van der Waals surface area contributed by atoms with Gasteiger partial charge < -0.3 is 15.2 Å². The minimum atomic E-state index is -0.789. The number of halogens is 2. The van der Waals surface area contributed by atoms with Crippen LogP contribution in [0.5, 0.6) is 5.75 Å². The maximum Gasteiger partial charge on any atom is 0.341 e. The Bertz CT molecular complexity index is 533. The third-order valence-corrected chi connectivity index (χ3v) is 3.77. The van der Waals surface area contributed by atoms with Gasteiger partial charge >= 0.3 is 5.97 Å². The quantitative estimate of drug-likeness (QED) is 0.642.